The number of benzene rings is 2. The van der Waals surface area contributed by atoms with Crippen LogP contribution in [-0.2, 0) is 16.0 Å². The van der Waals surface area contributed by atoms with Crippen LogP contribution in [0.2, 0.25) is 0 Å². The fourth-order valence-electron chi connectivity index (χ4n) is 1.82. The summed E-state index contributed by atoms with van der Waals surface area (Å²) in [6, 6.07) is 15.9. The average molecular weight is 311 g/mol. The van der Waals surface area contributed by atoms with E-state index in [0.717, 1.165) is 5.56 Å². The van der Waals surface area contributed by atoms with Gasteiger partial charge in [0.25, 0.3) is 0 Å². The molecule has 0 saturated heterocycles. The average Bonchev–Trinajstić information content (AvgIpc) is 2.57. The molecule has 0 aliphatic carbocycles. The molecule has 0 aliphatic rings. The molecule has 0 saturated carbocycles. The van der Waals surface area contributed by atoms with Crippen LogP contribution in [0.25, 0.3) is 0 Å². The third kappa shape index (κ3) is 5.62. The second kappa shape index (κ2) is 8.33. The van der Waals surface area contributed by atoms with Crippen LogP contribution < -0.4 is 10.7 Å². The SMILES string of the molecule is O=C(NCCc1ccccc1)C(=O)NN=Cc1ccc(O)cc1. The van der Waals surface area contributed by atoms with E-state index in [9.17, 15) is 9.59 Å². The summed E-state index contributed by atoms with van der Waals surface area (Å²) < 4.78 is 0. The lowest BCUT2D eigenvalue weighted by Gasteiger charge is -2.04. The van der Waals surface area contributed by atoms with E-state index in [0.29, 0.717) is 18.5 Å². The minimum atomic E-state index is -0.826. The van der Waals surface area contributed by atoms with Gasteiger partial charge >= 0.3 is 11.8 Å². The van der Waals surface area contributed by atoms with Crippen molar-refractivity contribution in [1.29, 1.82) is 0 Å². The first-order valence-corrected chi connectivity index (χ1v) is 7.09. The third-order valence-corrected chi connectivity index (χ3v) is 3.02. The van der Waals surface area contributed by atoms with Gasteiger partial charge in [-0.3, -0.25) is 9.59 Å². The van der Waals surface area contributed by atoms with Crippen molar-refractivity contribution in [3.63, 3.8) is 0 Å². The van der Waals surface area contributed by atoms with E-state index in [-0.39, 0.29) is 5.75 Å². The van der Waals surface area contributed by atoms with E-state index in [1.54, 1.807) is 12.1 Å². The molecule has 6 heteroatoms. The number of phenols is 1. The molecule has 2 amide bonds. The summed E-state index contributed by atoms with van der Waals surface area (Å²) >= 11 is 0. The summed E-state index contributed by atoms with van der Waals surface area (Å²) in [5, 5.41) is 15.4. The maximum absolute atomic E-state index is 11.6. The van der Waals surface area contributed by atoms with Gasteiger partial charge in [-0.1, -0.05) is 30.3 Å². The van der Waals surface area contributed by atoms with Gasteiger partial charge in [0.2, 0.25) is 0 Å². The van der Waals surface area contributed by atoms with Crippen LogP contribution in [0, 0.1) is 0 Å². The van der Waals surface area contributed by atoms with Crippen LogP contribution in [0.15, 0.2) is 59.7 Å². The molecular weight excluding hydrogens is 294 g/mol. The lowest BCUT2D eigenvalue weighted by Crippen LogP contribution is -2.38. The second-order valence-electron chi connectivity index (χ2n) is 4.78. The molecule has 2 aromatic rings. The van der Waals surface area contributed by atoms with Gasteiger partial charge in [0.05, 0.1) is 6.21 Å². The number of hydrazone groups is 1. The van der Waals surface area contributed by atoms with E-state index < -0.39 is 11.8 Å². The summed E-state index contributed by atoms with van der Waals surface area (Å²) in [4.78, 5) is 23.1. The molecule has 0 bridgehead atoms. The quantitative estimate of drug-likeness (QED) is 0.440. The molecule has 0 aliphatic heterocycles. The molecule has 0 fully saturated rings. The molecule has 2 aromatic carbocycles. The Labute approximate surface area is 133 Å². The number of nitrogens with zero attached hydrogens (tertiary/aromatic N) is 1. The lowest BCUT2D eigenvalue weighted by atomic mass is 10.1. The van der Waals surface area contributed by atoms with Gasteiger partial charge in [-0.2, -0.15) is 5.10 Å². The molecule has 2 rings (SSSR count). The number of phenolic OH excluding ortho intramolecular Hbond substituents is 1. The molecule has 0 atom stereocenters. The van der Waals surface area contributed by atoms with Crippen molar-refractivity contribution in [2.24, 2.45) is 5.10 Å². The van der Waals surface area contributed by atoms with Crippen molar-refractivity contribution < 1.29 is 14.7 Å². The molecule has 0 aromatic heterocycles. The minimum absolute atomic E-state index is 0.143. The first-order chi connectivity index (χ1) is 11.1. The molecular formula is C17H17N3O3. The normalized spacial score (nSPS) is 10.4. The Balaban J connectivity index is 1.72. The third-order valence-electron chi connectivity index (χ3n) is 3.02. The predicted octanol–water partition coefficient (Wildman–Crippen LogP) is 1.20. The largest absolute Gasteiger partial charge is 0.508 e. The summed E-state index contributed by atoms with van der Waals surface area (Å²) in [5.41, 5.74) is 3.92. The van der Waals surface area contributed by atoms with Gasteiger partial charge in [0.1, 0.15) is 5.75 Å². The summed E-state index contributed by atoms with van der Waals surface area (Å²) in [6.07, 6.45) is 2.03. The number of rotatable bonds is 5. The molecule has 23 heavy (non-hydrogen) atoms. The molecule has 0 heterocycles. The highest BCUT2D eigenvalue weighted by atomic mass is 16.3. The summed E-state index contributed by atoms with van der Waals surface area (Å²) in [7, 11) is 0. The Kier molecular flexibility index (Phi) is 5.88. The first-order valence-electron chi connectivity index (χ1n) is 7.09. The van der Waals surface area contributed by atoms with Gasteiger partial charge in [0, 0.05) is 6.54 Å². The number of carbonyl (C=O) groups excluding carboxylic acids is 2. The zero-order valence-electron chi connectivity index (χ0n) is 12.4. The van der Waals surface area contributed by atoms with Crippen molar-refractivity contribution in [3.05, 3.63) is 65.7 Å². The number of nitrogens with one attached hydrogen (secondary N) is 2. The van der Waals surface area contributed by atoms with Gasteiger partial charge in [-0.25, -0.2) is 5.43 Å². The zero-order valence-corrected chi connectivity index (χ0v) is 12.4. The zero-order chi connectivity index (χ0) is 16.5. The van der Waals surface area contributed by atoms with Crippen molar-refractivity contribution in [2.45, 2.75) is 6.42 Å². The Hall–Kier alpha value is -3.15. The van der Waals surface area contributed by atoms with E-state index >= 15 is 0 Å². The minimum Gasteiger partial charge on any atom is -0.508 e. The molecule has 0 unspecified atom stereocenters. The second-order valence-corrected chi connectivity index (χ2v) is 4.78. The van der Waals surface area contributed by atoms with Gasteiger partial charge < -0.3 is 10.4 Å². The fraction of sp³-hybridized carbons (Fsp3) is 0.118. The topological polar surface area (TPSA) is 90.8 Å². The van der Waals surface area contributed by atoms with Crippen LogP contribution in [0.1, 0.15) is 11.1 Å². The predicted molar refractivity (Wildman–Crippen MR) is 87.0 cm³/mol. The first kappa shape index (κ1) is 16.2. The van der Waals surface area contributed by atoms with Crippen molar-refractivity contribution >= 4 is 18.0 Å². The highest BCUT2D eigenvalue weighted by Crippen LogP contribution is 2.07. The number of hydrogen-bond acceptors (Lipinski definition) is 4. The van der Waals surface area contributed by atoms with Crippen molar-refractivity contribution in [1.82, 2.24) is 10.7 Å². The Bertz CT molecular complexity index is 682. The number of hydrogen-bond donors (Lipinski definition) is 3. The van der Waals surface area contributed by atoms with Gasteiger partial charge in [-0.05, 0) is 41.8 Å². The molecule has 0 spiro atoms. The van der Waals surface area contributed by atoms with Crippen LogP contribution >= 0.6 is 0 Å². The van der Waals surface area contributed by atoms with Crippen LogP contribution in [0.4, 0.5) is 0 Å². The Morgan fingerprint density at radius 1 is 1.00 bits per heavy atom. The summed E-state index contributed by atoms with van der Waals surface area (Å²) in [6.45, 7) is 0.373. The standard InChI is InChI=1S/C17H17N3O3/c21-15-8-6-14(7-9-15)12-19-20-17(23)16(22)18-11-10-13-4-2-1-3-5-13/h1-9,12,21H,10-11H2,(H,18,22)(H,20,23). The van der Waals surface area contributed by atoms with E-state index in [2.05, 4.69) is 15.8 Å². The number of amides is 2. The highest BCUT2D eigenvalue weighted by molar-refractivity contribution is 6.35. The number of aromatic hydroxyl groups is 1. The summed E-state index contributed by atoms with van der Waals surface area (Å²) in [5.74, 6) is -1.42. The lowest BCUT2D eigenvalue weighted by molar-refractivity contribution is -0.139. The van der Waals surface area contributed by atoms with E-state index in [1.807, 2.05) is 30.3 Å². The van der Waals surface area contributed by atoms with Gasteiger partial charge in [-0.15, -0.1) is 0 Å². The van der Waals surface area contributed by atoms with Crippen LogP contribution in [0.5, 0.6) is 5.75 Å². The monoisotopic (exact) mass is 311 g/mol. The van der Waals surface area contributed by atoms with Crippen LogP contribution in [-0.4, -0.2) is 29.7 Å². The Morgan fingerprint density at radius 3 is 2.39 bits per heavy atom. The molecule has 0 radical (unpaired) electrons. The molecule has 3 N–H and O–H groups in total. The Morgan fingerprint density at radius 2 is 1.70 bits per heavy atom. The van der Waals surface area contributed by atoms with E-state index in [4.69, 9.17) is 5.11 Å². The maximum Gasteiger partial charge on any atom is 0.329 e. The fourth-order valence-corrected chi connectivity index (χ4v) is 1.82. The number of carbonyl (C=O) groups is 2. The molecule has 6 nitrogen and oxygen atoms in total. The van der Waals surface area contributed by atoms with Gasteiger partial charge in [0.15, 0.2) is 0 Å². The van der Waals surface area contributed by atoms with E-state index in [1.165, 1.54) is 18.3 Å². The maximum atomic E-state index is 11.6. The highest BCUT2D eigenvalue weighted by Gasteiger charge is 2.11. The van der Waals surface area contributed by atoms with Crippen LogP contribution in [0.3, 0.4) is 0 Å². The molecule has 118 valence electrons. The van der Waals surface area contributed by atoms with Crippen molar-refractivity contribution in [3.8, 4) is 5.75 Å². The van der Waals surface area contributed by atoms with Crippen molar-refractivity contribution in [2.75, 3.05) is 6.54 Å². The smallest absolute Gasteiger partial charge is 0.329 e.